The van der Waals surface area contributed by atoms with Crippen molar-refractivity contribution in [3.63, 3.8) is 0 Å². The van der Waals surface area contributed by atoms with Gasteiger partial charge in [0, 0.05) is 26.1 Å². The van der Waals surface area contributed by atoms with Gasteiger partial charge < -0.3 is 14.8 Å². The zero-order valence-corrected chi connectivity index (χ0v) is 11.8. The Bertz CT molecular complexity index is 500. The maximum absolute atomic E-state index is 11.8. The van der Waals surface area contributed by atoms with Crippen LogP contribution < -0.4 is 9.64 Å². The van der Waals surface area contributed by atoms with Gasteiger partial charge in [0.15, 0.2) is 0 Å². The maximum atomic E-state index is 11.8. The van der Waals surface area contributed by atoms with Crippen LogP contribution in [-0.4, -0.2) is 36.9 Å². The smallest absolute Gasteiger partial charge is 0.223 e. The summed E-state index contributed by atoms with van der Waals surface area (Å²) in [5, 5.41) is 11.0. The number of nitrogens with zero attached hydrogens (tertiary/aromatic N) is 2. The van der Waals surface area contributed by atoms with Crippen LogP contribution in [0.25, 0.3) is 0 Å². The summed E-state index contributed by atoms with van der Waals surface area (Å²) in [5.74, 6) is 0.659. The van der Waals surface area contributed by atoms with Crippen molar-refractivity contribution in [2.45, 2.75) is 26.3 Å². The summed E-state index contributed by atoms with van der Waals surface area (Å²) < 4.78 is 5.38. The van der Waals surface area contributed by atoms with Crippen LogP contribution in [0.15, 0.2) is 12.1 Å². The normalized spacial score (nSPS) is 18.4. The lowest BCUT2D eigenvalue weighted by Gasteiger charge is -2.37. The second-order valence-electron chi connectivity index (χ2n) is 4.90. The number of carbonyl (C=O) groups is 1. The molecule has 19 heavy (non-hydrogen) atoms. The molecular weight excluding hydrogens is 244 g/mol. The number of aryl methyl sites for hydroxylation is 1. The summed E-state index contributed by atoms with van der Waals surface area (Å²) >= 11 is 0. The van der Waals surface area contributed by atoms with Crippen molar-refractivity contribution < 1.29 is 14.7 Å². The monoisotopic (exact) mass is 264 g/mol. The maximum Gasteiger partial charge on any atom is 0.223 e. The van der Waals surface area contributed by atoms with E-state index in [0.29, 0.717) is 18.7 Å². The minimum atomic E-state index is -0.110. The molecule has 0 saturated heterocycles. The quantitative estimate of drug-likeness (QED) is 0.831. The minimum absolute atomic E-state index is 0.0100. The second kappa shape index (κ2) is 5.19. The van der Waals surface area contributed by atoms with Crippen LogP contribution in [-0.2, 0) is 4.79 Å². The highest BCUT2D eigenvalue weighted by atomic mass is 16.5. The summed E-state index contributed by atoms with van der Waals surface area (Å²) in [5.41, 5.74) is 2.80. The molecule has 5 heteroatoms. The molecule has 1 amide bonds. The van der Waals surface area contributed by atoms with Crippen LogP contribution in [0, 0.1) is 6.92 Å². The molecule has 0 saturated carbocycles. The van der Waals surface area contributed by atoms with Gasteiger partial charge >= 0.3 is 0 Å². The number of hydrogen-bond donors (Lipinski definition) is 1. The number of anilines is 1. The topological polar surface area (TPSA) is 53.0 Å². The fourth-order valence-electron chi connectivity index (χ4n) is 2.75. The molecule has 1 unspecified atom stereocenters. The van der Waals surface area contributed by atoms with Gasteiger partial charge in [0.25, 0.3) is 0 Å². The van der Waals surface area contributed by atoms with Crippen molar-refractivity contribution in [2.75, 3.05) is 25.6 Å². The molecule has 5 nitrogen and oxygen atoms in total. The Kier molecular flexibility index (Phi) is 3.78. The lowest BCUT2D eigenvalue weighted by atomic mass is 9.91. The van der Waals surface area contributed by atoms with Crippen molar-refractivity contribution in [1.82, 2.24) is 5.06 Å². The SMILES string of the molecule is COc1ccc(C)c2c1N(C(C)=O)CCC2N(C)O. The lowest BCUT2D eigenvalue weighted by Crippen LogP contribution is -2.39. The molecule has 0 aromatic heterocycles. The molecule has 1 aliphatic heterocycles. The number of hydroxylamine groups is 2. The van der Waals surface area contributed by atoms with Crippen molar-refractivity contribution >= 4 is 11.6 Å². The number of methoxy groups -OCH3 is 1. The number of amides is 1. The Morgan fingerprint density at radius 2 is 2.21 bits per heavy atom. The number of hydrogen-bond acceptors (Lipinski definition) is 4. The van der Waals surface area contributed by atoms with Crippen molar-refractivity contribution in [1.29, 1.82) is 0 Å². The second-order valence-corrected chi connectivity index (χ2v) is 4.90. The molecule has 1 aliphatic rings. The van der Waals surface area contributed by atoms with Crippen LogP contribution in [0.2, 0.25) is 0 Å². The van der Waals surface area contributed by atoms with Crippen LogP contribution in [0.5, 0.6) is 5.75 Å². The summed E-state index contributed by atoms with van der Waals surface area (Å²) in [6.45, 7) is 4.12. The van der Waals surface area contributed by atoms with Crippen LogP contribution >= 0.6 is 0 Å². The molecule has 104 valence electrons. The Morgan fingerprint density at radius 3 is 2.74 bits per heavy atom. The van der Waals surface area contributed by atoms with Gasteiger partial charge in [0.05, 0.1) is 18.8 Å². The van der Waals surface area contributed by atoms with Gasteiger partial charge in [-0.1, -0.05) is 6.07 Å². The molecule has 1 aromatic rings. The van der Waals surface area contributed by atoms with Crippen molar-refractivity contribution in [2.24, 2.45) is 0 Å². The number of fused-ring (bicyclic) bond motifs is 1. The van der Waals surface area contributed by atoms with Gasteiger partial charge in [-0.2, -0.15) is 5.06 Å². The van der Waals surface area contributed by atoms with E-state index in [0.717, 1.165) is 16.8 Å². The first-order valence-electron chi connectivity index (χ1n) is 6.34. The van der Waals surface area contributed by atoms with Gasteiger partial charge in [-0.3, -0.25) is 4.79 Å². The zero-order valence-electron chi connectivity index (χ0n) is 11.8. The third-order valence-corrected chi connectivity index (χ3v) is 3.68. The predicted molar refractivity (Wildman–Crippen MR) is 72.7 cm³/mol. The van der Waals surface area contributed by atoms with E-state index in [4.69, 9.17) is 4.74 Å². The Morgan fingerprint density at radius 1 is 1.53 bits per heavy atom. The molecule has 0 radical (unpaired) electrons. The lowest BCUT2D eigenvalue weighted by molar-refractivity contribution is -0.119. The summed E-state index contributed by atoms with van der Waals surface area (Å²) in [6, 6.07) is 3.71. The van der Waals surface area contributed by atoms with E-state index in [2.05, 4.69) is 0 Å². The van der Waals surface area contributed by atoms with E-state index in [1.54, 1.807) is 26.0 Å². The first-order valence-corrected chi connectivity index (χ1v) is 6.34. The van der Waals surface area contributed by atoms with Crippen molar-refractivity contribution in [3.05, 3.63) is 23.3 Å². The van der Waals surface area contributed by atoms with E-state index < -0.39 is 0 Å². The molecule has 0 bridgehead atoms. The average Bonchev–Trinajstić information content (AvgIpc) is 2.37. The van der Waals surface area contributed by atoms with Gasteiger partial charge in [0.2, 0.25) is 5.91 Å². The van der Waals surface area contributed by atoms with Gasteiger partial charge in [-0.25, -0.2) is 0 Å². The van der Waals surface area contributed by atoms with E-state index in [1.165, 1.54) is 5.06 Å². The molecule has 1 heterocycles. The van der Waals surface area contributed by atoms with Gasteiger partial charge in [0.1, 0.15) is 5.75 Å². The number of ether oxygens (including phenoxy) is 1. The molecule has 0 spiro atoms. The van der Waals surface area contributed by atoms with Crippen LogP contribution in [0.4, 0.5) is 5.69 Å². The van der Waals surface area contributed by atoms with E-state index >= 15 is 0 Å². The molecule has 0 fully saturated rings. The number of benzene rings is 1. The van der Waals surface area contributed by atoms with Crippen LogP contribution in [0.1, 0.15) is 30.5 Å². The largest absolute Gasteiger partial charge is 0.495 e. The predicted octanol–water partition coefficient (Wildman–Crippen LogP) is 2.12. The number of rotatable bonds is 2. The fourth-order valence-corrected chi connectivity index (χ4v) is 2.75. The van der Waals surface area contributed by atoms with E-state index in [1.807, 2.05) is 19.1 Å². The van der Waals surface area contributed by atoms with Gasteiger partial charge in [-0.15, -0.1) is 0 Å². The molecule has 1 aromatic carbocycles. The molecule has 1 N–H and O–H groups in total. The minimum Gasteiger partial charge on any atom is -0.495 e. The third-order valence-electron chi connectivity index (χ3n) is 3.68. The Labute approximate surface area is 113 Å². The van der Waals surface area contributed by atoms with E-state index in [-0.39, 0.29) is 11.9 Å². The summed E-state index contributed by atoms with van der Waals surface area (Å²) in [6.07, 6.45) is 0.702. The highest BCUT2D eigenvalue weighted by Crippen LogP contribution is 2.44. The molecule has 0 aliphatic carbocycles. The highest BCUT2D eigenvalue weighted by molar-refractivity contribution is 5.95. The van der Waals surface area contributed by atoms with Crippen molar-refractivity contribution in [3.8, 4) is 5.75 Å². The first-order chi connectivity index (χ1) is 8.97. The molecular formula is C14H20N2O3. The summed E-state index contributed by atoms with van der Waals surface area (Å²) in [4.78, 5) is 13.5. The third kappa shape index (κ3) is 2.31. The first kappa shape index (κ1) is 13.8. The Balaban J connectivity index is 2.66. The van der Waals surface area contributed by atoms with E-state index in [9.17, 15) is 10.0 Å². The Hall–Kier alpha value is -1.59. The number of carbonyl (C=O) groups excluding carboxylic acids is 1. The van der Waals surface area contributed by atoms with Gasteiger partial charge in [-0.05, 0) is 25.0 Å². The fraction of sp³-hybridized carbons (Fsp3) is 0.500. The zero-order chi connectivity index (χ0) is 14.2. The standard InChI is InChI=1S/C14H20N2O3/c1-9-5-6-12(19-4)14-13(9)11(15(3)18)7-8-16(14)10(2)17/h5-6,11,18H,7-8H2,1-4H3. The summed E-state index contributed by atoms with van der Waals surface area (Å²) in [7, 11) is 3.23. The van der Waals surface area contributed by atoms with Crippen LogP contribution in [0.3, 0.4) is 0 Å². The molecule has 2 rings (SSSR count). The average molecular weight is 264 g/mol. The highest BCUT2D eigenvalue weighted by Gasteiger charge is 2.33. The molecule has 1 atom stereocenters.